The molecular weight excluding hydrogens is 853 g/mol. The molecule has 0 heterocycles. The molecule has 326 valence electrons. The zero-order valence-electron chi connectivity index (χ0n) is 38.8. The Labute approximate surface area is 411 Å². The molecule has 0 atom stereocenters. The lowest BCUT2D eigenvalue weighted by molar-refractivity contribution is 1.25. The van der Waals surface area contributed by atoms with E-state index in [4.69, 9.17) is 0 Å². The van der Waals surface area contributed by atoms with Crippen LogP contribution in [0.5, 0.6) is 0 Å². The monoisotopic (exact) mass is 894 g/mol. The average molecular weight is 895 g/mol. The molecule has 0 aliphatic heterocycles. The summed E-state index contributed by atoms with van der Waals surface area (Å²) in [5.41, 5.74) is 23.6. The van der Waals surface area contributed by atoms with Gasteiger partial charge in [0.2, 0.25) is 0 Å². The van der Waals surface area contributed by atoms with Crippen LogP contribution in [0.1, 0.15) is 39.8 Å². The van der Waals surface area contributed by atoms with Crippen LogP contribution in [0, 0.1) is 0 Å². The first-order valence-electron chi connectivity index (χ1n) is 24.9. The lowest BCUT2D eigenvalue weighted by atomic mass is 9.94. The summed E-state index contributed by atoms with van der Waals surface area (Å²) in [5, 5.41) is 15.4. The van der Waals surface area contributed by atoms with Gasteiger partial charge in [0.25, 0.3) is 0 Å². The van der Waals surface area contributed by atoms with E-state index in [1.165, 1.54) is 165 Å². The molecule has 0 unspecified atom stereocenters. The molecule has 16 rings (SSSR count). The number of fused-ring (bicyclic) bond motifs is 21. The topological polar surface area (TPSA) is 0 Å². The molecule has 0 amide bonds. The first kappa shape index (κ1) is 38.8. The quantitative estimate of drug-likeness (QED) is 0.166. The Hall–Kier alpha value is -9.10. The Morgan fingerprint density at radius 1 is 0.239 bits per heavy atom. The Morgan fingerprint density at radius 2 is 0.493 bits per heavy atom. The number of benzene rings is 12. The maximum atomic E-state index is 2.55. The Bertz CT molecular complexity index is 4320. The fourth-order valence-electron chi connectivity index (χ4n) is 13.0. The summed E-state index contributed by atoms with van der Waals surface area (Å²) in [6, 6.07) is 81.6. The van der Waals surface area contributed by atoms with Crippen LogP contribution < -0.4 is 0 Å². The van der Waals surface area contributed by atoms with Crippen molar-refractivity contribution in [2.45, 2.75) is 6.42 Å². The van der Waals surface area contributed by atoms with Gasteiger partial charge in [-0.15, -0.1) is 0 Å². The molecule has 0 N–H and O–H groups in total. The summed E-state index contributed by atoms with van der Waals surface area (Å²) < 4.78 is 0. The molecule has 0 spiro atoms. The van der Waals surface area contributed by atoms with Crippen LogP contribution >= 0.6 is 0 Å². The van der Waals surface area contributed by atoms with E-state index >= 15 is 0 Å². The van der Waals surface area contributed by atoms with E-state index in [0.717, 1.165) is 6.42 Å². The summed E-state index contributed by atoms with van der Waals surface area (Å²) in [7, 11) is 0. The van der Waals surface area contributed by atoms with Gasteiger partial charge >= 0.3 is 0 Å². The van der Waals surface area contributed by atoms with E-state index in [1.807, 2.05) is 0 Å². The second kappa shape index (κ2) is 14.7. The zero-order valence-corrected chi connectivity index (χ0v) is 38.8. The van der Waals surface area contributed by atoms with Crippen molar-refractivity contribution in [2.24, 2.45) is 0 Å². The third-order valence-electron chi connectivity index (χ3n) is 16.1. The molecule has 12 aromatic carbocycles. The van der Waals surface area contributed by atoms with Crippen LogP contribution in [-0.4, -0.2) is 0 Å². The van der Waals surface area contributed by atoms with Gasteiger partial charge in [-0.1, -0.05) is 231 Å². The highest BCUT2D eigenvalue weighted by atomic mass is 14.3. The lowest BCUT2D eigenvalue weighted by Gasteiger charge is -2.09. The van der Waals surface area contributed by atoms with Crippen molar-refractivity contribution in [3.63, 3.8) is 0 Å². The van der Waals surface area contributed by atoms with Gasteiger partial charge in [0, 0.05) is 0 Å². The summed E-state index contributed by atoms with van der Waals surface area (Å²) in [6.07, 6.45) is 10.9. The molecule has 0 radical (unpaired) electrons. The molecule has 4 aliphatic rings. The van der Waals surface area contributed by atoms with E-state index in [2.05, 4.69) is 243 Å². The average Bonchev–Trinajstić information content (AvgIpc) is 4.17. The third-order valence-corrected chi connectivity index (χ3v) is 16.1. The van der Waals surface area contributed by atoms with Crippen LogP contribution in [0.4, 0.5) is 0 Å². The van der Waals surface area contributed by atoms with Gasteiger partial charge in [-0.2, -0.15) is 0 Å². The SMILES string of the molecule is C1=C(C=C2c3ccc4ccccc4c3-c3c2ccc2ccccc32)CC(C=C2c3ccc4ccccc4c3-c3c2ccc2ccccc32)=C1C=C1c2ccc3ccccc3c2-c2c1ccc1ccccc21. The van der Waals surface area contributed by atoms with Crippen molar-refractivity contribution in [1.29, 1.82) is 0 Å². The molecule has 0 heteroatoms. The van der Waals surface area contributed by atoms with E-state index < -0.39 is 0 Å². The van der Waals surface area contributed by atoms with Crippen molar-refractivity contribution < 1.29 is 0 Å². The van der Waals surface area contributed by atoms with Crippen LogP contribution in [0.3, 0.4) is 0 Å². The molecule has 0 saturated heterocycles. The van der Waals surface area contributed by atoms with Gasteiger partial charge in [-0.3, -0.25) is 0 Å². The highest BCUT2D eigenvalue weighted by molar-refractivity contribution is 6.22. The van der Waals surface area contributed by atoms with Gasteiger partial charge in [0.1, 0.15) is 0 Å². The second-order valence-electron chi connectivity index (χ2n) is 19.8. The van der Waals surface area contributed by atoms with Crippen LogP contribution in [-0.2, 0) is 0 Å². The van der Waals surface area contributed by atoms with Crippen LogP contribution in [0.15, 0.2) is 259 Å². The number of allylic oxidation sites excluding steroid dienone is 7. The van der Waals surface area contributed by atoms with E-state index in [9.17, 15) is 0 Å². The van der Waals surface area contributed by atoms with Crippen molar-refractivity contribution in [3.8, 4) is 33.4 Å². The first-order valence-corrected chi connectivity index (χ1v) is 24.9. The highest BCUT2D eigenvalue weighted by Gasteiger charge is 2.32. The van der Waals surface area contributed by atoms with Crippen LogP contribution in [0.2, 0.25) is 0 Å². The van der Waals surface area contributed by atoms with Gasteiger partial charge in [-0.25, -0.2) is 0 Å². The minimum absolute atomic E-state index is 0.804. The molecule has 12 aromatic rings. The molecule has 71 heavy (non-hydrogen) atoms. The zero-order chi connectivity index (χ0) is 46.3. The van der Waals surface area contributed by atoms with Gasteiger partial charge in [-0.05, 0) is 183 Å². The molecule has 0 nitrogen and oxygen atoms in total. The second-order valence-corrected chi connectivity index (χ2v) is 19.8. The van der Waals surface area contributed by atoms with Gasteiger partial charge in [0.15, 0.2) is 0 Å². The smallest absolute Gasteiger partial charge is 0.00141 e. The Balaban J connectivity index is 0.961. The molecule has 4 aliphatic carbocycles. The normalized spacial score (nSPS) is 14.1. The van der Waals surface area contributed by atoms with E-state index in [0.29, 0.717) is 0 Å². The highest BCUT2D eigenvalue weighted by Crippen LogP contribution is 2.55. The minimum atomic E-state index is 0.804. The third kappa shape index (κ3) is 5.56. The van der Waals surface area contributed by atoms with Crippen LogP contribution in [0.25, 0.3) is 115 Å². The fraction of sp³-hybridized carbons (Fsp3) is 0.0141. The van der Waals surface area contributed by atoms with E-state index in [1.54, 1.807) is 0 Å². The minimum Gasteiger partial charge on any atom is -0.0616 e. The molecule has 0 fully saturated rings. The molecule has 0 bridgehead atoms. The standard InChI is InChI=1S/C71H42/c1-7-19-51-43(13-1)25-31-57-63(58-32-26-44-14-2-8-20-52(44)67(58)66(51)57)39-42-37-49(40-64-59-33-27-45-15-3-9-21-53(45)68(59)69-54-22-10-4-16-46(54)28-34-60(64)69)50(38-42)41-65-61-35-29-47-17-5-11-23-55(47)70(61)71-56-24-12-6-18-48(56)30-36-62(65)71/h1-37,39-41H,38H2. The maximum absolute atomic E-state index is 2.55. The maximum Gasteiger partial charge on any atom is -0.00141 e. The van der Waals surface area contributed by atoms with Crippen molar-refractivity contribution in [2.75, 3.05) is 0 Å². The van der Waals surface area contributed by atoms with Crippen molar-refractivity contribution in [1.82, 2.24) is 0 Å². The van der Waals surface area contributed by atoms with Crippen molar-refractivity contribution >= 4 is 81.4 Å². The summed E-state index contributed by atoms with van der Waals surface area (Å²) >= 11 is 0. The number of rotatable bonds is 3. The van der Waals surface area contributed by atoms with Gasteiger partial charge in [0.05, 0.1) is 0 Å². The first-order chi connectivity index (χ1) is 35.2. The summed E-state index contributed by atoms with van der Waals surface area (Å²) in [6.45, 7) is 0. The van der Waals surface area contributed by atoms with Crippen molar-refractivity contribution in [3.05, 3.63) is 293 Å². The fourth-order valence-corrected chi connectivity index (χ4v) is 13.0. The molecule has 0 saturated carbocycles. The number of hydrogen-bond donors (Lipinski definition) is 0. The Kier molecular flexibility index (Phi) is 8.04. The number of hydrogen-bond acceptors (Lipinski definition) is 0. The molecule has 0 aromatic heterocycles. The van der Waals surface area contributed by atoms with Gasteiger partial charge < -0.3 is 0 Å². The predicted octanol–water partition coefficient (Wildman–Crippen LogP) is 18.9. The summed E-state index contributed by atoms with van der Waals surface area (Å²) in [4.78, 5) is 0. The predicted molar refractivity (Wildman–Crippen MR) is 302 cm³/mol. The molecular formula is C71H42. The summed E-state index contributed by atoms with van der Waals surface area (Å²) in [5.74, 6) is 0. The largest absolute Gasteiger partial charge is 0.0616 e. The Morgan fingerprint density at radius 3 is 0.789 bits per heavy atom. The lowest BCUT2D eigenvalue weighted by Crippen LogP contribution is -1.88. The van der Waals surface area contributed by atoms with E-state index in [-0.39, 0.29) is 0 Å².